The van der Waals surface area contributed by atoms with Crippen LogP contribution in [0.15, 0.2) is 60.7 Å². The smallest absolute Gasteiger partial charge is 0.378 e. The molecule has 188 valence electrons. The van der Waals surface area contributed by atoms with Crippen molar-refractivity contribution in [1.82, 2.24) is 4.57 Å². The molecule has 0 spiro atoms. The molecule has 0 unspecified atom stereocenters. The highest BCUT2D eigenvalue weighted by Gasteiger charge is 2.41. The van der Waals surface area contributed by atoms with E-state index in [-0.39, 0.29) is 24.2 Å². The molecular formula is C28H36NO5P. The van der Waals surface area contributed by atoms with Gasteiger partial charge in [0.1, 0.15) is 11.0 Å². The molecule has 0 N–H and O–H groups in total. The first-order valence-corrected chi connectivity index (χ1v) is 13.9. The van der Waals surface area contributed by atoms with Crippen molar-refractivity contribution in [3.8, 4) is 11.1 Å². The van der Waals surface area contributed by atoms with Crippen molar-refractivity contribution in [3.05, 3.63) is 77.5 Å². The Balaban J connectivity index is 2.43. The van der Waals surface area contributed by atoms with Crippen LogP contribution in [0, 0.1) is 0 Å². The maximum atomic E-state index is 14.3. The van der Waals surface area contributed by atoms with Crippen LogP contribution in [0.1, 0.15) is 61.6 Å². The zero-order chi connectivity index (χ0) is 25.3. The molecule has 0 radical (unpaired) electrons. The van der Waals surface area contributed by atoms with Gasteiger partial charge in [-0.1, -0.05) is 80.4 Å². The van der Waals surface area contributed by atoms with Crippen LogP contribution in [0.4, 0.5) is 0 Å². The van der Waals surface area contributed by atoms with Gasteiger partial charge in [0.05, 0.1) is 20.3 Å². The van der Waals surface area contributed by atoms with E-state index in [4.69, 9.17) is 13.8 Å². The molecule has 3 aromatic rings. The molecular weight excluding hydrogens is 461 g/mol. The minimum absolute atomic E-state index is 0.181. The summed E-state index contributed by atoms with van der Waals surface area (Å²) in [6.07, 6.45) is 3.76. The largest absolute Gasteiger partial charge is 0.465 e. The molecule has 0 aliphatic heterocycles. The molecule has 7 heteroatoms. The Morgan fingerprint density at radius 3 is 2.03 bits per heavy atom. The predicted octanol–water partition coefficient (Wildman–Crippen LogP) is 6.61. The highest BCUT2D eigenvalue weighted by Crippen LogP contribution is 2.50. The van der Waals surface area contributed by atoms with Crippen LogP contribution in [0.3, 0.4) is 0 Å². The molecule has 0 atom stereocenters. The molecule has 0 saturated heterocycles. The number of hydrogen-bond donors (Lipinski definition) is 0. The number of unbranched alkanes of at least 4 members (excludes halogenated alkanes) is 2. The Kier molecular flexibility index (Phi) is 9.91. The molecule has 0 aliphatic carbocycles. The Hall–Kier alpha value is -2.66. The second kappa shape index (κ2) is 12.9. The standard InChI is InChI=1S/C28H36NO5P/c1-5-8-11-20-24-25(23-18-14-10-15-19-23)26(28(30)32-4)27(35(31,33-6-2)34-7-3)29(24)21-22-16-12-9-13-17-22/h9-10,12-19H,5-8,11,20-21H2,1-4H3. The average Bonchev–Trinajstić information content (AvgIpc) is 3.19. The van der Waals surface area contributed by atoms with Crippen molar-refractivity contribution in [2.45, 2.75) is 53.0 Å². The fraction of sp³-hybridized carbons (Fsp3) is 0.393. The second-order valence-electron chi connectivity index (χ2n) is 8.24. The second-order valence-corrected chi connectivity index (χ2v) is 10.2. The SMILES string of the molecule is CCCCCc1c(-c2ccccc2)c(C(=O)OC)c(P(=O)(OCC)OCC)n1Cc1ccccc1. The highest BCUT2D eigenvalue weighted by atomic mass is 31.2. The molecule has 0 saturated carbocycles. The van der Waals surface area contributed by atoms with Crippen LogP contribution in [-0.2, 0) is 31.3 Å². The van der Waals surface area contributed by atoms with E-state index in [1.165, 1.54) is 7.11 Å². The van der Waals surface area contributed by atoms with Crippen LogP contribution < -0.4 is 5.44 Å². The van der Waals surface area contributed by atoms with Crippen molar-refractivity contribution in [2.24, 2.45) is 0 Å². The van der Waals surface area contributed by atoms with E-state index in [1.807, 2.05) is 65.2 Å². The molecule has 1 aromatic heterocycles. The maximum Gasteiger partial charge on any atom is 0.378 e. The summed E-state index contributed by atoms with van der Waals surface area (Å²) in [5.74, 6) is -0.554. The topological polar surface area (TPSA) is 66.8 Å². The van der Waals surface area contributed by atoms with Crippen LogP contribution in [-0.4, -0.2) is 30.9 Å². The Bertz CT molecular complexity index is 1130. The molecule has 0 aliphatic rings. The summed E-state index contributed by atoms with van der Waals surface area (Å²) in [5.41, 5.74) is 4.08. The number of carbonyl (C=O) groups is 1. The zero-order valence-corrected chi connectivity index (χ0v) is 22.1. The summed E-state index contributed by atoms with van der Waals surface area (Å²) in [5, 5.41) is 0. The fourth-order valence-corrected chi connectivity index (χ4v) is 6.35. The van der Waals surface area contributed by atoms with Crippen LogP contribution in [0.5, 0.6) is 0 Å². The first kappa shape index (κ1) is 26.9. The number of aromatic nitrogens is 1. The third-order valence-corrected chi connectivity index (χ3v) is 8.03. The van der Waals surface area contributed by atoms with E-state index in [2.05, 4.69) is 6.92 Å². The summed E-state index contributed by atoms with van der Waals surface area (Å²) in [6, 6.07) is 19.7. The molecule has 0 fully saturated rings. The summed E-state index contributed by atoms with van der Waals surface area (Å²) in [7, 11) is -2.51. The van der Waals surface area contributed by atoms with Crippen molar-refractivity contribution >= 4 is 19.0 Å². The summed E-state index contributed by atoms with van der Waals surface area (Å²) in [4.78, 5) is 13.4. The van der Waals surface area contributed by atoms with Crippen molar-refractivity contribution < 1.29 is 23.1 Å². The maximum absolute atomic E-state index is 14.3. The number of ether oxygens (including phenoxy) is 1. The highest BCUT2D eigenvalue weighted by molar-refractivity contribution is 7.62. The molecule has 6 nitrogen and oxygen atoms in total. The first-order chi connectivity index (χ1) is 17.0. The van der Waals surface area contributed by atoms with E-state index >= 15 is 0 Å². The van der Waals surface area contributed by atoms with Gasteiger partial charge in [-0.05, 0) is 37.8 Å². The Morgan fingerprint density at radius 2 is 1.49 bits per heavy atom. The minimum atomic E-state index is -3.85. The number of benzene rings is 2. The zero-order valence-electron chi connectivity index (χ0n) is 21.2. The number of hydrogen-bond acceptors (Lipinski definition) is 5. The van der Waals surface area contributed by atoms with E-state index in [9.17, 15) is 9.36 Å². The number of esters is 1. The third-order valence-electron chi connectivity index (χ3n) is 5.85. The van der Waals surface area contributed by atoms with Gasteiger partial charge in [0, 0.05) is 17.8 Å². The summed E-state index contributed by atoms with van der Waals surface area (Å²) >= 11 is 0. The quantitative estimate of drug-likeness (QED) is 0.151. The van der Waals surface area contributed by atoms with Crippen LogP contribution in [0.2, 0.25) is 0 Å². The van der Waals surface area contributed by atoms with Gasteiger partial charge in [0.15, 0.2) is 0 Å². The fourth-order valence-electron chi connectivity index (χ4n) is 4.39. The lowest BCUT2D eigenvalue weighted by Gasteiger charge is -2.21. The van der Waals surface area contributed by atoms with Crippen LogP contribution >= 0.6 is 7.60 Å². The van der Waals surface area contributed by atoms with E-state index in [0.717, 1.165) is 41.6 Å². The molecule has 3 rings (SSSR count). The predicted molar refractivity (Wildman–Crippen MR) is 140 cm³/mol. The summed E-state index contributed by atoms with van der Waals surface area (Å²) < 4.78 is 33.2. The molecule has 0 amide bonds. The molecule has 35 heavy (non-hydrogen) atoms. The van der Waals surface area contributed by atoms with Gasteiger partial charge in [-0.15, -0.1) is 0 Å². The Labute approximate surface area is 208 Å². The van der Waals surface area contributed by atoms with E-state index in [1.54, 1.807) is 13.8 Å². The van der Waals surface area contributed by atoms with Gasteiger partial charge >= 0.3 is 13.6 Å². The van der Waals surface area contributed by atoms with Gasteiger partial charge in [-0.2, -0.15) is 0 Å². The van der Waals surface area contributed by atoms with Gasteiger partial charge in [-0.25, -0.2) is 4.79 Å². The first-order valence-electron chi connectivity index (χ1n) is 12.3. The monoisotopic (exact) mass is 497 g/mol. The third kappa shape index (κ3) is 6.13. The number of nitrogens with zero attached hydrogens (tertiary/aromatic N) is 1. The summed E-state index contributed by atoms with van der Waals surface area (Å²) in [6.45, 7) is 6.49. The van der Waals surface area contributed by atoms with E-state index in [0.29, 0.717) is 13.0 Å². The minimum Gasteiger partial charge on any atom is -0.465 e. The number of rotatable bonds is 13. The average molecular weight is 498 g/mol. The van der Waals surface area contributed by atoms with Gasteiger partial charge in [0.2, 0.25) is 0 Å². The molecule has 1 heterocycles. The normalized spacial score (nSPS) is 11.5. The molecule has 2 aromatic carbocycles. The molecule has 0 bridgehead atoms. The van der Waals surface area contributed by atoms with Gasteiger partial charge in [0.25, 0.3) is 0 Å². The van der Waals surface area contributed by atoms with Crippen molar-refractivity contribution in [2.75, 3.05) is 20.3 Å². The number of carbonyl (C=O) groups excluding carboxylic acids is 1. The number of methoxy groups -OCH3 is 1. The van der Waals surface area contributed by atoms with Gasteiger partial charge < -0.3 is 18.4 Å². The van der Waals surface area contributed by atoms with Crippen LogP contribution in [0.25, 0.3) is 11.1 Å². The lowest BCUT2D eigenvalue weighted by Crippen LogP contribution is -2.27. The van der Waals surface area contributed by atoms with E-state index < -0.39 is 13.6 Å². The Morgan fingerprint density at radius 1 is 0.886 bits per heavy atom. The van der Waals surface area contributed by atoms with Crippen molar-refractivity contribution in [3.63, 3.8) is 0 Å². The lowest BCUT2D eigenvalue weighted by atomic mass is 9.98. The lowest BCUT2D eigenvalue weighted by molar-refractivity contribution is 0.0602. The van der Waals surface area contributed by atoms with Crippen molar-refractivity contribution in [1.29, 1.82) is 0 Å². The van der Waals surface area contributed by atoms with Gasteiger partial charge in [-0.3, -0.25) is 4.57 Å².